The molecule has 1 atom stereocenters. The molecule has 5 heteroatoms. The van der Waals surface area contributed by atoms with Crippen LogP contribution in [0.4, 0.5) is 11.6 Å². The lowest BCUT2D eigenvalue weighted by Crippen LogP contribution is -2.21. The van der Waals surface area contributed by atoms with Gasteiger partial charge in [0.05, 0.1) is 18.4 Å². The number of nitrogens with zero attached hydrogens (tertiary/aromatic N) is 2. The number of para-hydroxylation sites is 1. The third kappa shape index (κ3) is 3.28. The molecule has 0 radical (unpaired) electrons. The molecule has 0 saturated carbocycles. The summed E-state index contributed by atoms with van der Waals surface area (Å²) in [7, 11) is 1.65. The van der Waals surface area contributed by atoms with E-state index in [4.69, 9.17) is 4.74 Å². The van der Waals surface area contributed by atoms with Crippen molar-refractivity contribution in [1.29, 1.82) is 0 Å². The van der Waals surface area contributed by atoms with Crippen LogP contribution >= 0.6 is 0 Å². The maximum absolute atomic E-state index is 12.5. The minimum Gasteiger partial charge on any atom is -0.497 e. The number of hydrogen-bond donors (Lipinski definition) is 1. The second-order valence-electron chi connectivity index (χ2n) is 6.35. The summed E-state index contributed by atoms with van der Waals surface area (Å²) in [5.74, 6) is 1.55. The highest BCUT2D eigenvalue weighted by Gasteiger charge is 2.28. The Morgan fingerprint density at radius 1 is 1.04 bits per heavy atom. The van der Waals surface area contributed by atoms with E-state index in [1.807, 2.05) is 54.6 Å². The van der Waals surface area contributed by atoms with Gasteiger partial charge in [0.25, 0.3) is 0 Å². The lowest BCUT2D eigenvalue weighted by atomic mass is 9.82. The van der Waals surface area contributed by atoms with Crippen LogP contribution in [0, 0.1) is 0 Å². The first-order chi connectivity index (χ1) is 12.7. The number of Topliss-reactive ketones (excluding diaryl/α,β-unsaturated/α-hetero) is 1. The first-order valence-corrected chi connectivity index (χ1v) is 8.58. The number of fused-ring (bicyclic) bond motifs is 1. The molecule has 0 aliphatic heterocycles. The molecule has 1 N–H and O–H groups in total. The van der Waals surface area contributed by atoms with Gasteiger partial charge in [-0.3, -0.25) is 4.79 Å². The number of ketones is 1. The molecule has 0 spiro atoms. The molecule has 0 amide bonds. The molecule has 0 fully saturated rings. The number of rotatable bonds is 4. The van der Waals surface area contributed by atoms with E-state index >= 15 is 0 Å². The Morgan fingerprint density at radius 2 is 1.81 bits per heavy atom. The Morgan fingerprint density at radius 3 is 2.54 bits per heavy atom. The summed E-state index contributed by atoms with van der Waals surface area (Å²) in [5.41, 5.74) is 3.48. The van der Waals surface area contributed by atoms with Gasteiger partial charge in [-0.15, -0.1) is 0 Å². The van der Waals surface area contributed by atoms with E-state index in [0.717, 1.165) is 29.1 Å². The van der Waals surface area contributed by atoms with Crippen LogP contribution in [0.1, 0.15) is 34.0 Å². The van der Waals surface area contributed by atoms with Crippen molar-refractivity contribution in [2.75, 3.05) is 12.4 Å². The number of carbonyl (C=O) groups excluding carboxylic acids is 1. The smallest absolute Gasteiger partial charge is 0.227 e. The third-order valence-corrected chi connectivity index (χ3v) is 4.66. The molecule has 1 aliphatic carbocycles. The van der Waals surface area contributed by atoms with Crippen molar-refractivity contribution in [3.05, 3.63) is 77.6 Å². The molecule has 0 bridgehead atoms. The number of carbonyl (C=O) groups is 1. The number of nitrogens with one attached hydrogen (secondary N) is 1. The predicted octanol–water partition coefficient (Wildman–Crippen LogP) is 4.14. The van der Waals surface area contributed by atoms with Crippen molar-refractivity contribution < 1.29 is 9.53 Å². The molecule has 130 valence electrons. The van der Waals surface area contributed by atoms with Crippen molar-refractivity contribution in [1.82, 2.24) is 9.97 Å². The number of aromatic nitrogens is 2. The van der Waals surface area contributed by atoms with Gasteiger partial charge in [-0.1, -0.05) is 30.3 Å². The number of methoxy groups -OCH3 is 1. The van der Waals surface area contributed by atoms with Gasteiger partial charge in [0, 0.05) is 18.3 Å². The summed E-state index contributed by atoms with van der Waals surface area (Å²) < 4.78 is 5.21. The summed E-state index contributed by atoms with van der Waals surface area (Å²) in [6.07, 6.45) is 2.84. The molecule has 1 aromatic heterocycles. The molecule has 3 aromatic rings. The molecule has 0 unspecified atom stereocenters. The minimum absolute atomic E-state index is 0.0957. The van der Waals surface area contributed by atoms with E-state index in [1.165, 1.54) is 0 Å². The van der Waals surface area contributed by atoms with E-state index < -0.39 is 0 Å². The number of ether oxygens (including phenoxy) is 1. The zero-order chi connectivity index (χ0) is 17.9. The van der Waals surface area contributed by atoms with Crippen molar-refractivity contribution in [3.63, 3.8) is 0 Å². The van der Waals surface area contributed by atoms with Gasteiger partial charge in [-0.05, 0) is 42.2 Å². The summed E-state index contributed by atoms with van der Waals surface area (Å²) in [6.45, 7) is 0. The average molecular weight is 345 g/mol. The summed E-state index contributed by atoms with van der Waals surface area (Å²) >= 11 is 0. The zero-order valence-electron chi connectivity index (χ0n) is 14.5. The van der Waals surface area contributed by atoms with E-state index in [0.29, 0.717) is 17.9 Å². The Labute approximate surface area is 152 Å². The highest BCUT2D eigenvalue weighted by molar-refractivity contribution is 5.98. The molecule has 1 aliphatic rings. The maximum atomic E-state index is 12.5. The topological polar surface area (TPSA) is 64.1 Å². The van der Waals surface area contributed by atoms with Crippen LogP contribution in [0.2, 0.25) is 0 Å². The van der Waals surface area contributed by atoms with Crippen molar-refractivity contribution in [2.45, 2.75) is 18.8 Å². The number of benzene rings is 2. The minimum atomic E-state index is 0.0957. The van der Waals surface area contributed by atoms with Crippen LogP contribution < -0.4 is 10.1 Å². The highest BCUT2D eigenvalue weighted by atomic mass is 16.5. The van der Waals surface area contributed by atoms with Crippen LogP contribution in [0.25, 0.3) is 0 Å². The Kier molecular flexibility index (Phi) is 4.35. The molecular formula is C21H19N3O2. The van der Waals surface area contributed by atoms with E-state index in [1.54, 1.807) is 13.3 Å². The fraction of sp³-hybridized carbons (Fsp3) is 0.190. The lowest BCUT2D eigenvalue weighted by Gasteiger charge is -2.23. The number of anilines is 2. The van der Waals surface area contributed by atoms with Crippen molar-refractivity contribution in [3.8, 4) is 5.75 Å². The van der Waals surface area contributed by atoms with Crippen molar-refractivity contribution >= 4 is 17.4 Å². The highest BCUT2D eigenvalue weighted by Crippen LogP contribution is 2.33. The SMILES string of the molecule is COc1ccc([C@@H]2CC(=O)c3cnc(Nc4ccccc4)nc3C2)cc1. The van der Waals surface area contributed by atoms with Gasteiger partial charge in [0.1, 0.15) is 5.75 Å². The monoisotopic (exact) mass is 345 g/mol. The molecule has 0 saturated heterocycles. The van der Waals surface area contributed by atoms with Gasteiger partial charge >= 0.3 is 0 Å². The quantitative estimate of drug-likeness (QED) is 0.770. The molecule has 2 aromatic carbocycles. The fourth-order valence-electron chi connectivity index (χ4n) is 3.27. The van der Waals surface area contributed by atoms with Crippen LogP contribution in [0.3, 0.4) is 0 Å². The van der Waals surface area contributed by atoms with Crippen molar-refractivity contribution in [2.24, 2.45) is 0 Å². The maximum Gasteiger partial charge on any atom is 0.227 e. The number of hydrogen-bond acceptors (Lipinski definition) is 5. The molecule has 1 heterocycles. The fourth-order valence-corrected chi connectivity index (χ4v) is 3.27. The van der Waals surface area contributed by atoms with Crippen LogP contribution in [0.5, 0.6) is 5.75 Å². The summed E-state index contributed by atoms with van der Waals surface area (Å²) in [5, 5.41) is 3.19. The predicted molar refractivity (Wildman–Crippen MR) is 100 cm³/mol. The first kappa shape index (κ1) is 16.3. The average Bonchev–Trinajstić information content (AvgIpc) is 2.68. The molecule has 4 rings (SSSR count). The zero-order valence-corrected chi connectivity index (χ0v) is 14.5. The Bertz CT molecular complexity index is 924. The largest absolute Gasteiger partial charge is 0.497 e. The summed E-state index contributed by atoms with van der Waals surface area (Å²) in [6, 6.07) is 17.7. The second kappa shape index (κ2) is 6.96. The van der Waals surface area contributed by atoms with E-state index in [-0.39, 0.29) is 11.7 Å². The van der Waals surface area contributed by atoms with E-state index in [9.17, 15) is 4.79 Å². The molecule has 5 nitrogen and oxygen atoms in total. The van der Waals surface area contributed by atoms with Crippen LogP contribution in [0.15, 0.2) is 60.8 Å². The van der Waals surface area contributed by atoms with Gasteiger partial charge in [-0.25, -0.2) is 9.97 Å². The standard InChI is InChI=1S/C21H19N3O2/c1-26-17-9-7-14(8-10-17)15-11-19-18(20(25)12-15)13-22-21(24-19)23-16-5-3-2-4-6-16/h2-10,13,15H,11-12H2,1H3,(H,22,23,24)/t15-/m0/s1. The normalized spacial score (nSPS) is 16.0. The molecular weight excluding hydrogens is 326 g/mol. The van der Waals surface area contributed by atoms with Gasteiger partial charge < -0.3 is 10.1 Å². The van der Waals surface area contributed by atoms with E-state index in [2.05, 4.69) is 15.3 Å². The first-order valence-electron chi connectivity index (χ1n) is 8.58. The van der Waals surface area contributed by atoms with Gasteiger partial charge in [0.15, 0.2) is 5.78 Å². The third-order valence-electron chi connectivity index (χ3n) is 4.66. The van der Waals surface area contributed by atoms with Crippen LogP contribution in [-0.4, -0.2) is 22.9 Å². The lowest BCUT2D eigenvalue weighted by molar-refractivity contribution is 0.0962. The second-order valence-corrected chi connectivity index (χ2v) is 6.35. The Hall–Kier alpha value is -3.21. The van der Waals surface area contributed by atoms with Crippen LogP contribution in [-0.2, 0) is 6.42 Å². The Balaban J connectivity index is 1.59. The summed E-state index contributed by atoms with van der Waals surface area (Å²) in [4.78, 5) is 21.4. The van der Waals surface area contributed by atoms with Gasteiger partial charge in [-0.2, -0.15) is 0 Å². The van der Waals surface area contributed by atoms with Gasteiger partial charge in [0.2, 0.25) is 5.95 Å². The molecule has 26 heavy (non-hydrogen) atoms.